The summed E-state index contributed by atoms with van der Waals surface area (Å²) in [4.78, 5) is 20.6. The van der Waals surface area contributed by atoms with Crippen LogP contribution in [0.2, 0.25) is 0 Å². The summed E-state index contributed by atoms with van der Waals surface area (Å²) in [5.41, 5.74) is 0.668. The van der Waals surface area contributed by atoms with Gasteiger partial charge in [0, 0.05) is 26.7 Å². The fourth-order valence-electron chi connectivity index (χ4n) is 2.38. The van der Waals surface area contributed by atoms with Gasteiger partial charge in [-0.25, -0.2) is 4.98 Å². The lowest BCUT2D eigenvalue weighted by atomic mass is 10.2. The molecule has 1 aliphatic heterocycles. The number of hydrogen-bond donors (Lipinski definition) is 1. The van der Waals surface area contributed by atoms with Crippen LogP contribution in [0.25, 0.3) is 0 Å². The Morgan fingerprint density at radius 3 is 2.78 bits per heavy atom. The first-order valence-electron chi connectivity index (χ1n) is 6.28. The first kappa shape index (κ1) is 12.9. The smallest absolute Gasteiger partial charge is 0.275 e. The minimum absolute atomic E-state index is 0.0130. The Morgan fingerprint density at radius 1 is 1.44 bits per heavy atom. The predicted molar refractivity (Wildman–Crippen MR) is 68.6 cm³/mol. The molecule has 6 heteroatoms. The number of aromatic nitrogens is 2. The van der Waals surface area contributed by atoms with Crippen LogP contribution in [0, 0.1) is 6.92 Å². The number of nitrogens with zero attached hydrogens (tertiary/aromatic N) is 4. The molecule has 0 aromatic carbocycles. The third-order valence-electron chi connectivity index (χ3n) is 3.28. The van der Waals surface area contributed by atoms with Gasteiger partial charge >= 0.3 is 0 Å². The number of imidazole rings is 1. The molecule has 0 saturated carbocycles. The second-order valence-corrected chi connectivity index (χ2v) is 4.56. The molecule has 0 atom stereocenters. The zero-order valence-electron chi connectivity index (χ0n) is 11.2. The molecule has 18 heavy (non-hydrogen) atoms. The first-order chi connectivity index (χ1) is 8.60. The minimum Gasteiger partial charge on any atom is -0.396 e. The molecule has 1 N–H and O–H groups in total. The second kappa shape index (κ2) is 4.97. The zero-order chi connectivity index (χ0) is 13.3. The van der Waals surface area contributed by atoms with E-state index < -0.39 is 0 Å². The zero-order valence-corrected chi connectivity index (χ0v) is 11.2. The van der Waals surface area contributed by atoms with Gasteiger partial charge in [0.25, 0.3) is 5.91 Å². The SMILES string of the molecule is CCn1c(C)nc2c1C(=O)N(CCCO)CN2C. The number of aliphatic hydroxyl groups excluding tert-OH is 1. The average molecular weight is 252 g/mol. The fourth-order valence-corrected chi connectivity index (χ4v) is 2.38. The summed E-state index contributed by atoms with van der Waals surface area (Å²) in [6, 6.07) is 0. The van der Waals surface area contributed by atoms with Crippen LogP contribution in [0.5, 0.6) is 0 Å². The normalized spacial score (nSPS) is 15.2. The van der Waals surface area contributed by atoms with Crippen molar-refractivity contribution in [2.24, 2.45) is 0 Å². The van der Waals surface area contributed by atoms with Crippen LogP contribution < -0.4 is 4.90 Å². The van der Waals surface area contributed by atoms with Gasteiger partial charge in [-0.15, -0.1) is 0 Å². The Labute approximate surface area is 107 Å². The number of anilines is 1. The van der Waals surface area contributed by atoms with Crippen LogP contribution >= 0.6 is 0 Å². The minimum atomic E-state index is 0.0130. The number of amides is 1. The van der Waals surface area contributed by atoms with Crippen molar-refractivity contribution in [3.63, 3.8) is 0 Å². The van der Waals surface area contributed by atoms with Crippen molar-refractivity contribution in [3.8, 4) is 0 Å². The topological polar surface area (TPSA) is 61.6 Å². The van der Waals surface area contributed by atoms with Crippen LogP contribution in [0.4, 0.5) is 5.82 Å². The molecule has 0 fully saturated rings. The van der Waals surface area contributed by atoms with Crippen LogP contribution in [-0.2, 0) is 6.54 Å². The fraction of sp³-hybridized carbons (Fsp3) is 0.667. The summed E-state index contributed by atoms with van der Waals surface area (Å²) in [6.45, 7) is 5.88. The third-order valence-corrected chi connectivity index (χ3v) is 3.28. The van der Waals surface area contributed by atoms with Gasteiger partial charge in [0.15, 0.2) is 11.5 Å². The van der Waals surface area contributed by atoms with Crippen molar-refractivity contribution in [1.29, 1.82) is 0 Å². The Kier molecular flexibility index (Phi) is 3.56. The highest BCUT2D eigenvalue weighted by Gasteiger charge is 2.32. The van der Waals surface area contributed by atoms with Gasteiger partial charge in [0.2, 0.25) is 0 Å². The number of hydrogen-bond acceptors (Lipinski definition) is 4. The summed E-state index contributed by atoms with van der Waals surface area (Å²) >= 11 is 0. The van der Waals surface area contributed by atoms with Gasteiger partial charge in [-0.2, -0.15) is 0 Å². The summed E-state index contributed by atoms with van der Waals surface area (Å²) in [6.07, 6.45) is 0.605. The number of carbonyl (C=O) groups is 1. The summed E-state index contributed by atoms with van der Waals surface area (Å²) in [7, 11) is 1.93. The van der Waals surface area contributed by atoms with Crippen molar-refractivity contribution in [2.75, 3.05) is 31.8 Å². The Hall–Kier alpha value is -1.56. The van der Waals surface area contributed by atoms with E-state index in [9.17, 15) is 4.79 Å². The van der Waals surface area contributed by atoms with E-state index in [4.69, 9.17) is 5.11 Å². The monoisotopic (exact) mass is 252 g/mol. The second-order valence-electron chi connectivity index (χ2n) is 4.56. The molecule has 0 spiro atoms. The molecule has 2 heterocycles. The third kappa shape index (κ3) is 1.96. The highest BCUT2D eigenvalue weighted by molar-refractivity contribution is 5.99. The van der Waals surface area contributed by atoms with E-state index in [-0.39, 0.29) is 12.5 Å². The van der Waals surface area contributed by atoms with Gasteiger partial charge < -0.3 is 19.5 Å². The maximum atomic E-state index is 12.4. The molecule has 0 unspecified atom stereocenters. The van der Waals surface area contributed by atoms with E-state index in [0.717, 1.165) is 18.2 Å². The Morgan fingerprint density at radius 2 is 2.17 bits per heavy atom. The largest absolute Gasteiger partial charge is 0.396 e. The molecule has 0 radical (unpaired) electrons. The maximum Gasteiger partial charge on any atom is 0.275 e. The quantitative estimate of drug-likeness (QED) is 0.845. The van der Waals surface area contributed by atoms with E-state index in [2.05, 4.69) is 4.98 Å². The molecule has 6 nitrogen and oxygen atoms in total. The van der Waals surface area contributed by atoms with Crippen LogP contribution in [0.3, 0.4) is 0 Å². The van der Waals surface area contributed by atoms with Crippen molar-refractivity contribution in [3.05, 3.63) is 11.5 Å². The van der Waals surface area contributed by atoms with Gasteiger partial charge in [0.05, 0.1) is 6.67 Å². The number of carbonyl (C=O) groups excluding carboxylic acids is 1. The molecular weight excluding hydrogens is 232 g/mol. The molecule has 1 aromatic heterocycles. The standard InChI is InChI=1S/C12H20N4O2/c1-4-16-9(2)13-11-10(16)12(18)15(6-5-7-17)8-14(11)3/h17H,4-8H2,1-3H3. The van der Waals surface area contributed by atoms with Crippen molar-refractivity contribution in [1.82, 2.24) is 14.5 Å². The van der Waals surface area contributed by atoms with Crippen LogP contribution in [0.15, 0.2) is 0 Å². The molecule has 1 amide bonds. The molecule has 0 bridgehead atoms. The molecule has 1 aromatic rings. The lowest BCUT2D eigenvalue weighted by Gasteiger charge is -2.33. The number of fused-ring (bicyclic) bond motifs is 1. The average Bonchev–Trinajstić information content (AvgIpc) is 2.69. The summed E-state index contributed by atoms with van der Waals surface area (Å²) in [5.74, 6) is 1.64. The number of aryl methyl sites for hydroxylation is 1. The lowest BCUT2D eigenvalue weighted by molar-refractivity contribution is 0.0721. The Balaban J connectivity index is 2.36. The summed E-state index contributed by atoms with van der Waals surface area (Å²) in [5, 5.41) is 8.88. The maximum absolute atomic E-state index is 12.4. The van der Waals surface area contributed by atoms with Crippen LogP contribution in [-0.4, -0.2) is 52.3 Å². The first-order valence-corrected chi connectivity index (χ1v) is 6.28. The molecule has 100 valence electrons. The Bertz CT molecular complexity index is 455. The van der Waals surface area contributed by atoms with E-state index in [1.165, 1.54) is 0 Å². The van der Waals surface area contributed by atoms with E-state index in [0.29, 0.717) is 25.3 Å². The van der Waals surface area contributed by atoms with Gasteiger partial charge in [-0.1, -0.05) is 0 Å². The highest BCUT2D eigenvalue weighted by atomic mass is 16.3. The van der Waals surface area contributed by atoms with Crippen molar-refractivity contribution >= 4 is 11.7 Å². The van der Waals surface area contributed by atoms with Crippen molar-refractivity contribution < 1.29 is 9.90 Å². The molecule has 1 aliphatic rings. The van der Waals surface area contributed by atoms with Crippen LogP contribution in [0.1, 0.15) is 29.7 Å². The van der Waals surface area contributed by atoms with Crippen molar-refractivity contribution in [2.45, 2.75) is 26.8 Å². The predicted octanol–water partition coefficient (Wildman–Crippen LogP) is 0.443. The molecular formula is C12H20N4O2. The van der Waals surface area contributed by atoms with Gasteiger partial charge in [0.1, 0.15) is 5.82 Å². The van der Waals surface area contributed by atoms with Gasteiger partial charge in [-0.3, -0.25) is 4.79 Å². The highest BCUT2D eigenvalue weighted by Crippen LogP contribution is 2.26. The van der Waals surface area contributed by atoms with Gasteiger partial charge in [-0.05, 0) is 20.3 Å². The van der Waals surface area contributed by atoms with E-state index in [1.54, 1.807) is 4.90 Å². The number of rotatable bonds is 4. The summed E-state index contributed by atoms with van der Waals surface area (Å²) < 4.78 is 1.94. The molecule has 0 saturated heterocycles. The molecule has 2 rings (SSSR count). The lowest BCUT2D eigenvalue weighted by Crippen LogP contribution is -2.46. The molecule has 0 aliphatic carbocycles. The number of aliphatic hydroxyl groups is 1. The van der Waals surface area contributed by atoms with E-state index >= 15 is 0 Å². The van der Waals surface area contributed by atoms with E-state index in [1.807, 2.05) is 30.4 Å².